The molecule has 0 fully saturated rings. The first kappa shape index (κ1) is 29.5. The van der Waals surface area contributed by atoms with Gasteiger partial charge in [0.05, 0.1) is 0 Å². The van der Waals surface area contributed by atoms with E-state index in [2.05, 4.69) is 178 Å². The average Bonchev–Trinajstić information content (AvgIpc) is 3.43. The molecule has 1 aromatic heterocycles. The minimum atomic E-state index is -0.0623. The summed E-state index contributed by atoms with van der Waals surface area (Å²) in [4.78, 5) is 15.5. The van der Waals surface area contributed by atoms with Crippen molar-refractivity contribution in [1.82, 2.24) is 15.0 Å². The van der Waals surface area contributed by atoms with E-state index in [0.717, 1.165) is 38.2 Å². The van der Waals surface area contributed by atoms with Crippen molar-refractivity contribution in [3.05, 3.63) is 175 Å². The number of hydrogen-bond acceptors (Lipinski definition) is 3. The summed E-state index contributed by atoms with van der Waals surface area (Å²) in [7, 11) is 0. The standard InChI is InChI=1S/C48H33N3/c1-48(2)42-19-8-7-16-40(42)44-38(17-10-20-43(44)48)35-24-23-32-15-9-18-39(41(32)29-35)47-50-45(36-25-21-30-11-3-5-13-33(30)27-36)49-46(51-47)37-26-22-31-12-4-6-14-34(31)28-37/h3-29H,1-2H3. The zero-order valence-electron chi connectivity index (χ0n) is 28.4. The van der Waals surface area contributed by atoms with Gasteiger partial charge in [-0.2, -0.15) is 0 Å². The fraction of sp³-hybridized carbons (Fsp3) is 0.0625. The van der Waals surface area contributed by atoms with Crippen molar-refractivity contribution < 1.29 is 0 Å². The normalized spacial score (nSPS) is 13.1. The van der Waals surface area contributed by atoms with E-state index in [0.29, 0.717) is 17.5 Å². The lowest BCUT2D eigenvalue weighted by atomic mass is 9.82. The maximum absolute atomic E-state index is 5.21. The maximum atomic E-state index is 5.21. The van der Waals surface area contributed by atoms with Gasteiger partial charge in [-0.05, 0) is 83.9 Å². The van der Waals surface area contributed by atoms with Crippen LogP contribution in [-0.4, -0.2) is 15.0 Å². The molecule has 0 saturated heterocycles. The van der Waals surface area contributed by atoms with E-state index in [1.807, 2.05) is 0 Å². The molecule has 0 unspecified atom stereocenters. The SMILES string of the molecule is CC1(C)c2ccccc2-c2c(-c3ccc4cccc(-c5nc(-c6ccc7ccccc7c6)nc(-c6ccc7ccccc7c6)n5)c4c3)cccc21. The summed E-state index contributed by atoms with van der Waals surface area (Å²) in [5.74, 6) is 1.97. The molecule has 0 radical (unpaired) electrons. The number of nitrogens with zero attached hydrogens (tertiary/aromatic N) is 3. The van der Waals surface area contributed by atoms with Gasteiger partial charge in [0.25, 0.3) is 0 Å². The minimum absolute atomic E-state index is 0.0623. The minimum Gasteiger partial charge on any atom is -0.208 e. The predicted molar refractivity (Wildman–Crippen MR) is 212 cm³/mol. The zero-order valence-corrected chi connectivity index (χ0v) is 28.4. The quantitative estimate of drug-likeness (QED) is 0.190. The summed E-state index contributed by atoms with van der Waals surface area (Å²) in [5, 5.41) is 6.93. The van der Waals surface area contributed by atoms with E-state index in [9.17, 15) is 0 Å². The van der Waals surface area contributed by atoms with E-state index in [1.54, 1.807) is 0 Å². The summed E-state index contributed by atoms with van der Waals surface area (Å²) in [5.41, 5.74) is 10.6. The van der Waals surface area contributed by atoms with Crippen LogP contribution in [0.2, 0.25) is 0 Å². The summed E-state index contributed by atoms with van der Waals surface area (Å²) in [6.45, 7) is 4.67. The van der Waals surface area contributed by atoms with Gasteiger partial charge in [0.15, 0.2) is 17.5 Å². The lowest BCUT2D eigenvalue weighted by Crippen LogP contribution is -2.14. The van der Waals surface area contributed by atoms with Crippen LogP contribution in [0.5, 0.6) is 0 Å². The maximum Gasteiger partial charge on any atom is 0.164 e. The molecule has 1 heterocycles. The number of rotatable bonds is 4. The van der Waals surface area contributed by atoms with Gasteiger partial charge in [-0.1, -0.05) is 159 Å². The molecule has 10 rings (SSSR count). The van der Waals surface area contributed by atoms with E-state index in [4.69, 9.17) is 15.0 Å². The highest BCUT2D eigenvalue weighted by molar-refractivity contribution is 6.01. The first-order valence-corrected chi connectivity index (χ1v) is 17.5. The topological polar surface area (TPSA) is 38.7 Å². The molecule has 9 aromatic rings. The summed E-state index contributed by atoms with van der Waals surface area (Å²) >= 11 is 0. The molecule has 240 valence electrons. The fourth-order valence-electron chi connectivity index (χ4n) is 8.04. The predicted octanol–water partition coefficient (Wildman–Crippen LogP) is 12.3. The third kappa shape index (κ3) is 4.77. The van der Waals surface area contributed by atoms with Gasteiger partial charge in [0.1, 0.15) is 0 Å². The van der Waals surface area contributed by atoms with Crippen LogP contribution in [0.25, 0.3) is 88.7 Å². The van der Waals surface area contributed by atoms with Crippen LogP contribution in [0.1, 0.15) is 25.0 Å². The van der Waals surface area contributed by atoms with Crippen LogP contribution >= 0.6 is 0 Å². The summed E-state index contributed by atoms with van der Waals surface area (Å²) in [6.07, 6.45) is 0. The van der Waals surface area contributed by atoms with Gasteiger partial charge < -0.3 is 0 Å². The van der Waals surface area contributed by atoms with Crippen LogP contribution < -0.4 is 0 Å². The lowest BCUT2D eigenvalue weighted by molar-refractivity contribution is 0.660. The molecule has 51 heavy (non-hydrogen) atoms. The Morgan fingerprint density at radius 3 is 1.55 bits per heavy atom. The fourth-order valence-corrected chi connectivity index (χ4v) is 8.04. The number of benzene rings is 8. The molecule has 0 N–H and O–H groups in total. The van der Waals surface area contributed by atoms with E-state index in [1.165, 1.54) is 44.2 Å². The first-order chi connectivity index (χ1) is 25.0. The molecule has 0 amide bonds. The van der Waals surface area contributed by atoms with Crippen molar-refractivity contribution in [2.75, 3.05) is 0 Å². The molecule has 0 saturated carbocycles. The Labute approximate surface area is 297 Å². The molecule has 0 bridgehead atoms. The summed E-state index contributed by atoms with van der Waals surface area (Å²) in [6, 6.07) is 58.5. The molecular weight excluding hydrogens is 619 g/mol. The Hall–Kier alpha value is -6.45. The Kier molecular flexibility index (Phi) is 6.53. The number of aromatic nitrogens is 3. The average molecular weight is 652 g/mol. The van der Waals surface area contributed by atoms with Gasteiger partial charge in [0, 0.05) is 22.1 Å². The molecule has 0 atom stereocenters. The zero-order chi connectivity index (χ0) is 34.1. The van der Waals surface area contributed by atoms with Gasteiger partial charge in [-0.3, -0.25) is 0 Å². The lowest BCUT2D eigenvalue weighted by Gasteiger charge is -2.21. The Morgan fingerprint density at radius 2 is 0.843 bits per heavy atom. The molecular formula is C48H33N3. The molecule has 1 aliphatic rings. The van der Waals surface area contributed by atoms with Gasteiger partial charge in [-0.25, -0.2) is 15.0 Å². The molecule has 0 spiro atoms. The number of hydrogen-bond donors (Lipinski definition) is 0. The van der Waals surface area contributed by atoms with E-state index >= 15 is 0 Å². The van der Waals surface area contributed by atoms with Crippen molar-refractivity contribution >= 4 is 32.3 Å². The Morgan fingerprint density at radius 1 is 0.353 bits per heavy atom. The van der Waals surface area contributed by atoms with E-state index in [-0.39, 0.29) is 5.41 Å². The third-order valence-electron chi connectivity index (χ3n) is 10.7. The highest BCUT2D eigenvalue weighted by Gasteiger charge is 2.36. The highest BCUT2D eigenvalue weighted by atomic mass is 15.0. The molecule has 8 aromatic carbocycles. The molecule has 0 aliphatic heterocycles. The van der Waals surface area contributed by atoms with E-state index < -0.39 is 0 Å². The Bertz CT molecular complexity index is 2750. The first-order valence-electron chi connectivity index (χ1n) is 17.5. The second-order valence-corrected chi connectivity index (χ2v) is 14.1. The highest BCUT2D eigenvalue weighted by Crippen LogP contribution is 2.52. The van der Waals surface area contributed by atoms with Crippen LogP contribution in [0.3, 0.4) is 0 Å². The van der Waals surface area contributed by atoms with Crippen LogP contribution in [-0.2, 0) is 5.41 Å². The van der Waals surface area contributed by atoms with Crippen molar-refractivity contribution in [3.8, 4) is 56.4 Å². The van der Waals surface area contributed by atoms with Crippen LogP contribution in [0.15, 0.2) is 164 Å². The van der Waals surface area contributed by atoms with Crippen molar-refractivity contribution in [3.63, 3.8) is 0 Å². The largest absolute Gasteiger partial charge is 0.208 e. The van der Waals surface area contributed by atoms with Crippen molar-refractivity contribution in [2.45, 2.75) is 19.3 Å². The smallest absolute Gasteiger partial charge is 0.164 e. The molecule has 3 heteroatoms. The summed E-state index contributed by atoms with van der Waals surface area (Å²) < 4.78 is 0. The molecule has 3 nitrogen and oxygen atoms in total. The van der Waals surface area contributed by atoms with Crippen LogP contribution in [0.4, 0.5) is 0 Å². The van der Waals surface area contributed by atoms with Gasteiger partial charge in [-0.15, -0.1) is 0 Å². The van der Waals surface area contributed by atoms with Crippen molar-refractivity contribution in [2.24, 2.45) is 0 Å². The third-order valence-corrected chi connectivity index (χ3v) is 10.7. The van der Waals surface area contributed by atoms with Crippen molar-refractivity contribution in [1.29, 1.82) is 0 Å². The second-order valence-electron chi connectivity index (χ2n) is 14.1. The second kappa shape index (κ2) is 11.3. The van der Waals surface area contributed by atoms with Gasteiger partial charge >= 0.3 is 0 Å². The van der Waals surface area contributed by atoms with Crippen LogP contribution in [0, 0.1) is 0 Å². The molecule has 1 aliphatic carbocycles. The monoisotopic (exact) mass is 651 g/mol. The Balaban J connectivity index is 1.18. The van der Waals surface area contributed by atoms with Gasteiger partial charge in [0.2, 0.25) is 0 Å². The number of fused-ring (bicyclic) bond motifs is 6.